The highest BCUT2D eigenvalue weighted by atomic mass is 35.5. The van der Waals surface area contributed by atoms with E-state index in [0.717, 1.165) is 43.4 Å². The topological polar surface area (TPSA) is 142 Å². The molecule has 278 valence electrons. The zero-order valence-corrected chi connectivity index (χ0v) is 31.7. The van der Waals surface area contributed by atoms with Crippen molar-refractivity contribution in [2.75, 3.05) is 34.0 Å². The van der Waals surface area contributed by atoms with Gasteiger partial charge in [-0.3, -0.25) is 10.3 Å². The van der Waals surface area contributed by atoms with E-state index < -0.39 is 30.2 Å². The van der Waals surface area contributed by atoms with Crippen LogP contribution in [0.4, 0.5) is 0 Å². The lowest BCUT2D eigenvalue weighted by atomic mass is 9.72. The number of carbonyl (C=O) groups excluding carboxylic acids is 2. The highest BCUT2D eigenvalue weighted by Crippen LogP contribution is 2.40. The molecule has 5 rings (SSSR count). The molecule has 1 aliphatic carbocycles. The molecule has 10 nitrogen and oxygen atoms in total. The largest absolute Gasteiger partial charge is 0.493 e. The van der Waals surface area contributed by atoms with Gasteiger partial charge in [-0.05, 0) is 66.8 Å². The number of pyridine rings is 1. The summed E-state index contributed by atoms with van der Waals surface area (Å²) < 4.78 is 23.0. The van der Waals surface area contributed by atoms with Crippen LogP contribution in [-0.4, -0.2) is 56.0 Å². The van der Waals surface area contributed by atoms with Gasteiger partial charge in [-0.2, -0.15) is 0 Å². The first-order valence-corrected chi connectivity index (χ1v) is 18.8. The summed E-state index contributed by atoms with van der Waals surface area (Å²) in [5.74, 6) is -0.138. The first kappa shape index (κ1) is 39.5. The first-order valence-electron chi connectivity index (χ1n) is 17.3. The van der Waals surface area contributed by atoms with Crippen LogP contribution in [0.25, 0.3) is 0 Å². The fraction of sp³-hybridized carbons (Fsp3) is 0.410. The van der Waals surface area contributed by atoms with E-state index in [0.29, 0.717) is 49.7 Å². The number of halogens is 2. The average Bonchev–Trinajstić information content (AvgIpc) is 3.65. The van der Waals surface area contributed by atoms with Crippen LogP contribution < -0.4 is 20.5 Å². The molecule has 0 amide bonds. The second-order valence-corrected chi connectivity index (χ2v) is 15.0. The molecule has 4 N–H and O–H groups in total. The van der Waals surface area contributed by atoms with E-state index in [9.17, 15) is 14.7 Å². The Morgan fingerprint density at radius 1 is 1.00 bits per heavy atom. The molecule has 52 heavy (non-hydrogen) atoms. The minimum absolute atomic E-state index is 0.160. The molecule has 0 bridgehead atoms. The molecule has 0 aliphatic heterocycles. The third-order valence-corrected chi connectivity index (χ3v) is 11.5. The number of nitrogens with one attached hydrogen (secondary N) is 1. The van der Waals surface area contributed by atoms with E-state index in [4.69, 9.17) is 47.9 Å². The SMILES string of the molecule is COc1ccc([C@H](Cc2c(Cl)cncc2Cl)OC(=O)c2ccc(CNC(CO)(C(=O)OCC3(CCN)CCCCC3)c3ccccc3)s2)cc1OC. The Balaban J connectivity index is 1.35. The van der Waals surface area contributed by atoms with Crippen LogP contribution >= 0.6 is 34.5 Å². The number of nitrogens with zero attached hydrogens (tertiary/aromatic N) is 1. The molecule has 2 aromatic carbocycles. The van der Waals surface area contributed by atoms with Crippen LogP contribution in [0.2, 0.25) is 10.0 Å². The van der Waals surface area contributed by atoms with Crippen molar-refractivity contribution in [3.63, 3.8) is 0 Å². The molecule has 1 aliphatic rings. The first-order chi connectivity index (χ1) is 25.2. The summed E-state index contributed by atoms with van der Waals surface area (Å²) in [4.78, 5) is 32.8. The van der Waals surface area contributed by atoms with E-state index in [2.05, 4.69) is 10.3 Å². The van der Waals surface area contributed by atoms with Gasteiger partial charge in [0.05, 0.1) is 37.5 Å². The van der Waals surface area contributed by atoms with Gasteiger partial charge in [0, 0.05) is 35.7 Å². The number of aliphatic hydroxyl groups is 1. The van der Waals surface area contributed by atoms with Gasteiger partial charge in [0.2, 0.25) is 0 Å². The molecule has 1 fully saturated rings. The van der Waals surface area contributed by atoms with E-state index in [-0.39, 0.29) is 25.0 Å². The number of benzene rings is 2. The lowest BCUT2D eigenvalue weighted by molar-refractivity contribution is -0.159. The Kier molecular flexibility index (Phi) is 13.9. The summed E-state index contributed by atoms with van der Waals surface area (Å²) in [6.45, 7) is 0.388. The Morgan fingerprint density at radius 3 is 2.37 bits per heavy atom. The number of methoxy groups -OCH3 is 2. The van der Waals surface area contributed by atoms with E-state index in [1.54, 1.807) is 42.5 Å². The van der Waals surface area contributed by atoms with Gasteiger partial charge < -0.3 is 29.8 Å². The smallest absolute Gasteiger partial charge is 0.348 e. The van der Waals surface area contributed by atoms with E-state index in [1.807, 2.05) is 18.2 Å². The maximum atomic E-state index is 14.0. The second kappa shape index (κ2) is 18.4. The number of esters is 2. The van der Waals surface area contributed by atoms with Crippen molar-refractivity contribution < 1.29 is 33.6 Å². The van der Waals surface area contributed by atoms with Gasteiger partial charge in [0.15, 0.2) is 17.0 Å². The van der Waals surface area contributed by atoms with E-state index in [1.165, 1.54) is 38.0 Å². The summed E-state index contributed by atoms with van der Waals surface area (Å²) in [5.41, 5.74) is 6.06. The summed E-state index contributed by atoms with van der Waals surface area (Å²) in [6.07, 6.45) is 8.33. The monoisotopic (exact) mass is 769 g/mol. The van der Waals surface area contributed by atoms with Crippen molar-refractivity contribution in [2.45, 2.75) is 63.1 Å². The Morgan fingerprint density at radius 2 is 1.71 bits per heavy atom. The van der Waals surface area contributed by atoms with Crippen molar-refractivity contribution in [1.82, 2.24) is 10.3 Å². The molecule has 0 spiro atoms. The number of carbonyl (C=O) groups is 2. The minimum atomic E-state index is -1.54. The third-order valence-electron chi connectivity index (χ3n) is 9.75. The quantitative estimate of drug-likeness (QED) is 0.0929. The van der Waals surface area contributed by atoms with Crippen LogP contribution in [0.5, 0.6) is 11.5 Å². The molecule has 2 atom stereocenters. The van der Waals surface area contributed by atoms with Gasteiger partial charge in [-0.15, -0.1) is 11.3 Å². The van der Waals surface area contributed by atoms with Crippen molar-refractivity contribution in [3.05, 3.63) is 110 Å². The average molecular weight is 771 g/mol. The normalized spacial score (nSPS) is 15.7. The van der Waals surface area contributed by atoms with E-state index >= 15 is 0 Å². The number of nitrogens with two attached hydrogens (primary N) is 1. The van der Waals surface area contributed by atoms with Crippen molar-refractivity contribution in [3.8, 4) is 11.5 Å². The zero-order valence-electron chi connectivity index (χ0n) is 29.4. The van der Waals surface area contributed by atoms with Crippen molar-refractivity contribution in [1.29, 1.82) is 0 Å². The number of thiophene rings is 1. The second-order valence-electron chi connectivity index (χ2n) is 13.0. The maximum Gasteiger partial charge on any atom is 0.348 e. The van der Waals surface area contributed by atoms with Crippen LogP contribution in [0.3, 0.4) is 0 Å². The predicted octanol–water partition coefficient (Wildman–Crippen LogP) is 7.43. The number of aromatic nitrogens is 1. The molecule has 1 saturated carbocycles. The van der Waals surface area contributed by atoms with Crippen molar-refractivity contribution >= 4 is 46.5 Å². The fourth-order valence-corrected chi connectivity index (χ4v) is 8.10. The molecule has 13 heteroatoms. The highest BCUT2D eigenvalue weighted by Gasteiger charge is 2.43. The Hall–Kier alpha value is -3.71. The van der Waals surface area contributed by atoms with Gasteiger partial charge in [0.25, 0.3) is 0 Å². The predicted molar refractivity (Wildman–Crippen MR) is 202 cm³/mol. The zero-order chi connectivity index (χ0) is 37.1. The fourth-order valence-electron chi connectivity index (χ4n) is 6.75. The van der Waals surface area contributed by atoms with Gasteiger partial charge in [0.1, 0.15) is 11.0 Å². The number of ether oxygens (including phenoxy) is 4. The van der Waals surface area contributed by atoms with Crippen LogP contribution in [-0.2, 0) is 32.8 Å². The number of rotatable bonds is 17. The lowest BCUT2D eigenvalue weighted by Crippen LogP contribution is -2.53. The Bertz CT molecular complexity index is 1780. The minimum Gasteiger partial charge on any atom is -0.493 e. The van der Waals surface area contributed by atoms with Gasteiger partial charge in [-0.25, -0.2) is 9.59 Å². The number of aliphatic hydroxyl groups excluding tert-OH is 1. The number of hydrogen-bond donors (Lipinski definition) is 3. The maximum absolute atomic E-state index is 14.0. The third kappa shape index (κ3) is 9.25. The molecular weight excluding hydrogens is 725 g/mol. The summed E-state index contributed by atoms with van der Waals surface area (Å²) in [6, 6.07) is 17.8. The van der Waals surface area contributed by atoms with Crippen LogP contribution in [0, 0.1) is 5.41 Å². The molecule has 0 saturated heterocycles. The van der Waals surface area contributed by atoms with Crippen molar-refractivity contribution in [2.24, 2.45) is 11.1 Å². The Labute approximate surface area is 318 Å². The van der Waals surface area contributed by atoms with Gasteiger partial charge in [-0.1, -0.05) is 78.9 Å². The molecule has 0 radical (unpaired) electrons. The van der Waals surface area contributed by atoms with Crippen LogP contribution in [0.15, 0.2) is 73.1 Å². The standard InChI is InChI=1S/C39H45Cl2N3O7S/c1-48-32-13-11-26(19-34(32)49-2)33(20-29-30(40)22-43-23-31(29)41)51-36(46)35-14-12-28(52-35)21-44-39(24-45,27-9-5-3-6-10-27)37(47)50-25-38(17-18-42)15-7-4-8-16-38/h3,5-6,9-14,19,22-23,33,44-45H,4,7-8,15-18,20-21,24-25,42H2,1-2H3/t33-,39?/m0/s1. The molecule has 4 aromatic rings. The van der Waals surface area contributed by atoms with Gasteiger partial charge >= 0.3 is 11.9 Å². The van der Waals surface area contributed by atoms with Crippen LogP contribution in [0.1, 0.15) is 75.9 Å². The molecule has 2 aromatic heterocycles. The molecule has 2 heterocycles. The summed E-state index contributed by atoms with van der Waals surface area (Å²) >= 11 is 14.1. The molecule has 1 unspecified atom stereocenters. The summed E-state index contributed by atoms with van der Waals surface area (Å²) in [5, 5.41) is 14.8. The summed E-state index contributed by atoms with van der Waals surface area (Å²) in [7, 11) is 3.07. The molecular formula is C39H45Cl2N3O7S. The highest BCUT2D eigenvalue weighted by molar-refractivity contribution is 7.13. The lowest BCUT2D eigenvalue weighted by Gasteiger charge is -2.38. The number of hydrogen-bond acceptors (Lipinski definition) is 11.